The maximum Gasteiger partial charge on any atom is 0.328 e. The lowest BCUT2D eigenvalue weighted by Crippen LogP contribution is -2.10. The number of aliphatic hydroxyl groups is 1. The van der Waals surface area contributed by atoms with Crippen LogP contribution in [0.25, 0.3) is 0 Å². The molecule has 0 radical (unpaired) electrons. The van der Waals surface area contributed by atoms with Crippen molar-refractivity contribution in [3.8, 4) is 0 Å². The Kier molecular flexibility index (Phi) is 6.23. The Morgan fingerprint density at radius 3 is 2.25 bits per heavy atom. The molecule has 0 amide bonds. The predicted molar refractivity (Wildman–Crippen MR) is 50.6 cm³/mol. The van der Waals surface area contributed by atoms with Crippen LogP contribution in [0, 0.1) is 0 Å². The lowest BCUT2D eigenvalue weighted by atomic mass is 10.2. The van der Waals surface area contributed by atoms with Crippen LogP contribution in [0.2, 0.25) is 0 Å². The van der Waals surface area contributed by atoms with Gasteiger partial charge in [-0.1, -0.05) is 0 Å². The molecule has 1 unspecified atom stereocenters. The van der Waals surface area contributed by atoms with Gasteiger partial charge < -0.3 is 14.9 Å². The van der Waals surface area contributed by atoms with E-state index in [0.29, 0.717) is 18.6 Å². The lowest BCUT2D eigenvalue weighted by molar-refractivity contribution is 0.270. The van der Waals surface area contributed by atoms with Crippen molar-refractivity contribution in [2.75, 3.05) is 12.4 Å². The SMILES string of the molecule is O=P(O)(O)C(CCO)CCCS. The van der Waals surface area contributed by atoms with Gasteiger partial charge in [-0.05, 0) is 25.0 Å². The Morgan fingerprint density at radius 2 is 1.92 bits per heavy atom. The quantitative estimate of drug-likeness (QED) is 0.386. The number of thiol groups is 1. The number of aliphatic hydroxyl groups excluding tert-OH is 1. The van der Waals surface area contributed by atoms with Crippen LogP contribution in [0.1, 0.15) is 19.3 Å². The van der Waals surface area contributed by atoms with E-state index in [1.54, 1.807) is 0 Å². The van der Waals surface area contributed by atoms with E-state index in [1.165, 1.54) is 0 Å². The third-order valence-corrected chi connectivity index (χ3v) is 3.42. The molecule has 6 heteroatoms. The Balaban J connectivity index is 3.95. The molecule has 0 aliphatic rings. The first-order chi connectivity index (χ1) is 5.52. The van der Waals surface area contributed by atoms with Crippen LogP contribution in [-0.4, -0.2) is 32.9 Å². The lowest BCUT2D eigenvalue weighted by Gasteiger charge is -2.16. The summed E-state index contributed by atoms with van der Waals surface area (Å²) in [5, 5.41) is 8.54. The molecule has 3 N–H and O–H groups in total. The molecule has 0 heterocycles. The van der Waals surface area contributed by atoms with Crippen molar-refractivity contribution < 1.29 is 19.5 Å². The Hall–Kier alpha value is 0.460. The monoisotopic (exact) mass is 214 g/mol. The highest BCUT2D eigenvalue weighted by atomic mass is 32.1. The molecular formula is C6H15O4PS. The topological polar surface area (TPSA) is 77.8 Å². The molecule has 1 atom stereocenters. The zero-order valence-electron chi connectivity index (χ0n) is 6.76. The molecule has 0 rings (SSSR count). The molecule has 0 aromatic rings. The van der Waals surface area contributed by atoms with Crippen LogP contribution in [0.15, 0.2) is 0 Å². The molecule has 74 valence electrons. The van der Waals surface area contributed by atoms with Crippen molar-refractivity contribution in [2.45, 2.75) is 24.9 Å². The largest absolute Gasteiger partial charge is 0.396 e. The van der Waals surface area contributed by atoms with Gasteiger partial charge in [0.25, 0.3) is 0 Å². The van der Waals surface area contributed by atoms with Crippen molar-refractivity contribution >= 4 is 20.2 Å². The molecule has 12 heavy (non-hydrogen) atoms. The normalized spacial score (nSPS) is 14.7. The maximum absolute atomic E-state index is 10.8. The van der Waals surface area contributed by atoms with Crippen molar-refractivity contribution in [2.24, 2.45) is 0 Å². The summed E-state index contributed by atoms with van der Waals surface area (Å²) in [6, 6.07) is 0. The van der Waals surface area contributed by atoms with Crippen LogP contribution < -0.4 is 0 Å². The molecule has 0 saturated carbocycles. The van der Waals surface area contributed by atoms with Crippen molar-refractivity contribution in [1.82, 2.24) is 0 Å². The molecule has 0 spiro atoms. The number of hydrogen-bond acceptors (Lipinski definition) is 3. The van der Waals surface area contributed by atoms with Gasteiger partial charge in [-0.3, -0.25) is 4.57 Å². The zero-order chi connectivity index (χ0) is 9.61. The first-order valence-corrected chi connectivity index (χ1v) is 6.10. The smallest absolute Gasteiger partial charge is 0.328 e. The van der Waals surface area contributed by atoms with Gasteiger partial charge in [-0.15, -0.1) is 0 Å². The van der Waals surface area contributed by atoms with E-state index in [2.05, 4.69) is 12.6 Å². The molecule has 4 nitrogen and oxygen atoms in total. The number of rotatable bonds is 6. The fraction of sp³-hybridized carbons (Fsp3) is 1.00. The standard InChI is InChI=1S/C6H15O4PS/c7-4-3-6(2-1-5-12)11(8,9)10/h6-7,12H,1-5H2,(H2,8,9,10). The Bertz CT molecular complexity index is 158. The minimum Gasteiger partial charge on any atom is -0.396 e. The third kappa shape index (κ3) is 5.17. The van der Waals surface area contributed by atoms with Crippen LogP contribution >= 0.6 is 20.2 Å². The van der Waals surface area contributed by atoms with Crippen LogP contribution in [-0.2, 0) is 4.57 Å². The zero-order valence-corrected chi connectivity index (χ0v) is 8.55. The van der Waals surface area contributed by atoms with E-state index in [9.17, 15) is 4.57 Å². The van der Waals surface area contributed by atoms with E-state index in [4.69, 9.17) is 14.9 Å². The van der Waals surface area contributed by atoms with Gasteiger partial charge in [-0.25, -0.2) is 0 Å². The molecule has 0 fully saturated rings. The van der Waals surface area contributed by atoms with Gasteiger partial charge >= 0.3 is 7.60 Å². The second kappa shape index (κ2) is 6.00. The highest BCUT2D eigenvalue weighted by molar-refractivity contribution is 7.80. The fourth-order valence-electron chi connectivity index (χ4n) is 0.957. The molecule has 0 aliphatic heterocycles. The first-order valence-electron chi connectivity index (χ1n) is 3.79. The summed E-state index contributed by atoms with van der Waals surface area (Å²) in [7, 11) is -4.02. The van der Waals surface area contributed by atoms with E-state index in [0.717, 1.165) is 0 Å². The minimum absolute atomic E-state index is 0.165. The molecule has 0 aromatic carbocycles. The average Bonchev–Trinajstić information content (AvgIpc) is 1.95. The Labute approximate surface area is 77.6 Å². The van der Waals surface area contributed by atoms with E-state index in [1.807, 2.05) is 0 Å². The highest BCUT2D eigenvalue weighted by Gasteiger charge is 2.27. The second-order valence-electron chi connectivity index (χ2n) is 2.62. The van der Waals surface area contributed by atoms with Crippen LogP contribution in [0.5, 0.6) is 0 Å². The highest BCUT2D eigenvalue weighted by Crippen LogP contribution is 2.44. The summed E-state index contributed by atoms with van der Waals surface area (Å²) < 4.78 is 10.8. The van der Waals surface area contributed by atoms with Crippen molar-refractivity contribution in [3.63, 3.8) is 0 Å². The summed E-state index contributed by atoms with van der Waals surface area (Å²) in [5.41, 5.74) is -0.699. The summed E-state index contributed by atoms with van der Waals surface area (Å²) >= 11 is 3.94. The molecular weight excluding hydrogens is 199 g/mol. The fourth-order valence-corrected chi connectivity index (χ4v) is 2.11. The van der Waals surface area contributed by atoms with Crippen LogP contribution in [0.3, 0.4) is 0 Å². The summed E-state index contributed by atoms with van der Waals surface area (Å²) in [6.07, 6.45) is 1.26. The molecule has 0 aliphatic carbocycles. The van der Waals surface area contributed by atoms with Gasteiger partial charge in [0.2, 0.25) is 0 Å². The third-order valence-electron chi connectivity index (χ3n) is 1.63. The van der Waals surface area contributed by atoms with Gasteiger partial charge in [-0.2, -0.15) is 12.6 Å². The molecule has 0 saturated heterocycles. The summed E-state index contributed by atoms with van der Waals surface area (Å²) in [6.45, 7) is -0.178. The van der Waals surface area contributed by atoms with Gasteiger partial charge in [0.1, 0.15) is 0 Å². The summed E-state index contributed by atoms with van der Waals surface area (Å²) in [5.74, 6) is 0.613. The van der Waals surface area contributed by atoms with Crippen molar-refractivity contribution in [3.05, 3.63) is 0 Å². The van der Waals surface area contributed by atoms with Gasteiger partial charge in [0, 0.05) is 6.61 Å². The number of hydrogen-bond donors (Lipinski definition) is 4. The molecule has 0 aromatic heterocycles. The minimum atomic E-state index is -4.02. The van der Waals surface area contributed by atoms with E-state index < -0.39 is 13.3 Å². The maximum atomic E-state index is 10.8. The summed E-state index contributed by atoms with van der Waals surface area (Å²) in [4.78, 5) is 17.6. The predicted octanol–water partition coefficient (Wildman–Crippen LogP) is 0.625. The van der Waals surface area contributed by atoms with E-state index >= 15 is 0 Å². The van der Waals surface area contributed by atoms with Gasteiger partial charge in [0.15, 0.2) is 0 Å². The van der Waals surface area contributed by atoms with E-state index in [-0.39, 0.29) is 13.0 Å². The van der Waals surface area contributed by atoms with Crippen LogP contribution in [0.4, 0.5) is 0 Å². The first kappa shape index (κ1) is 12.5. The average molecular weight is 214 g/mol. The second-order valence-corrected chi connectivity index (χ2v) is 4.98. The van der Waals surface area contributed by atoms with Gasteiger partial charge in [0.05, 0.1) is 5.66 Å². The van der Waals surface area contributed by atoms with Crippen molar-refractivity contribution in [1.29, 1.82) is 0 Å². The Morgan fingerprint density at radius 1 is 1.33 bits per heavy atom. The molecule has 0 bridgehead atoms.